The van der Waals surface area contributed by atoms with Crippen LogP contribution in [0.3, 0.4) is 0 Å². The van der Waals surface area contributed by atoms with Crippen LogP contribution >= 0.6 is 12.4 Å². The molecule has 7 nitrogen and oxygen atoms in total. The quantitative estimate of drug-likeness (QED) is 0.590. The van der Waals surface area contributed by atoms with Gasteiger partial charge in [-0.3, -0.25) is 4.79 Å². The molecule has 1 saturated heterocycles. The van der Waals surface area contributed by atoms with Crippen molar-refractivity contribution >= 4 is 28.3 Å². The summed E-state index contributed by atoms with van der Waals surface area (Å²) in [5, 5.41) is 6.14. The van der Waals surface area contributed by atoms with Crippen molar-refractivity contribution in [1.29, 1.82) is 0 Å². The SMILES string of the molecule is COC1(C(=O)NCc2ccccc2CS(=O)(=O)NC(C)C)CCNCC1.Cl. The van der Waals surface area contributed by atoms with Crippen LogP contribution in [0.25, 0.3) is 0 Å². The average Bonchev–Trinajstić information content (AvgIpc) is 2.59. The molecule has 1 aliphatic heterocycles. The van der Waals surface area contributed by atoms with Crippen LogP contribution in [0, 0.1) is 0 Å². The maximum absolute atomic E-state index is 12.7. The molecule has 1 fully saturated rings. The first-order valence-electron chi connectivity index (χ1n) is 8.89. The van der Waals surface area contributed by atoms with E-state index in [1.807, 2.05) is 12.1 Å². The molecule has 3 N–H and O–H groups in total. The summed E-state index contributed by atoms with van der Waals surface area (Å²) in [6, 6.07) is 7.09. The molecule has 0 radical (unpaired) electrons. The summed E-state index contributed by atoms with van der Waals surface area (Å²) < 4.78 is 32.6. The Hall–Kier alpha value is -1.19. The van der Waals surface area contributed by atoms with Gasteiger partial charge < -0.3 is 15.4 Å². The Morgan fingerprint density at radius 2 is 1.81 bits per heavy atom. The van der Waals surface area contributed by atoms with Crippen molar-refractivity contribution in [3.05, 3.63) is 35.4 Å². The van der Waals surface area contributed by atoms with Crippen LogP contribution in [-0.4, -0.2) is 46.2 Å². The topological polar surface area (TPSA) is 96.5 Å². The van der Waals surface area contributed by atoms with Crippen LogP contribution in [0.2, 0.25) is 0 Å². The first kappa shape index (κ1) is 23.8. The van der Waals surface area contributed by atoms with E-state index in [0.717, 1.165) is 18.7 Å². The van der Waals surface area contributed by atoms with E-state index in [1.165, 1.54) is 0 Å². The molecule has 0 unspecified atom stereocenters. The molecule has 2 rings (SSSR count). The molecule has 1 aliphatic rings. The molecule has 0 aromatic heterocycles. The van der Waals surface area contributed by atoms with Crippen LogP contribution in [0.5, 0.6) is 0 Å². The maximum atomic E-state index is 12.7. The highest BCUT2D eigenvalue weighted by Gasteiger charge is 2.39. The Kier molecular flexibility index (Phi) is 9.17. The highest BCUT2D eigenvalue weighted by atomic mass is 35.5. The lowest BCUT2D eigenvalue weighted by molar-refractivity contribution is -0.146. The summed E-state index contributed by atoms with van der Waals surface area (Å²) in [7, 11) is -1.87. The Bertz CT molecular complexity index is 719. The normalized spacial score (nSPS) is 16.6. The van der Waals surface area contributed by atoms with E-state index in [0.29, 0.717) is 18.4 Å². The number of rotatable bonds is 8. The van der Waals surface area contributed by atoms with Crippen molar-refractivity contribution in [2.24, 2.45) is 0 Å². The Morgan fingerprint density at radius 1 is 1.22 bits per heavy atom. The van der Waals surface area contributed by atoms with Crippen LogP contribution in [-0.2, 0) is 31.9 Å². The van der Waals surface area contributed by atoms with Crippen LogP contribution < -0.4 is 15.4 Å². The number of amides is 1. The number of halogens is 1. The van der Waals surface area contributed by atoms with E-state index in [2.05, 4.69) is 15.4 Å². The van der Waals surface area contributed by atoms with E-state index in [9.17, 15) is 13.2 Å². The van der Waals surface area contributed by atoms with E-state index < -0.39 is 15.6 Å². The highest BCUT2D eigenvalue weighted by Crippen LogP contribution is 2.23. The zero-order valence-corrected chi connectivity index (χ0v) is 17.7. The van der Waals surface area contributed by atoms with Crippen LogP contribution in [0.1, 0.15) is 37.8 Å². The zero-order valence-electron chi connectivity index (χ0n) is 16.1. The summed E-state index contributed by atoms with van der Waals surface area (Å²) in [6.07, 6.45) is 1.23. The van der Waals surface area contributed by atoms with Crippen molar-refractivity contribution in [2.45, 2.75) is 50.6 Å². The van der Waals surface area contributed by atoms with Gasteiger partial charge in [0.05, 0.1) is 5.75 Å². The predicted octanol–water partition coefficient (Wildman–Crippen LogP) is 1.32. The smallest absolute Gasteiger partial charge is 0.252 e. The number of piperidine rings is 1. The summed E-state index contributed by atoms with van der Waals surface area (Å²) in [5.41, 5.74) is 0.652. The third-order valence-corrected chi connectivity index (χ3v) is 6.06. The minimum atomic E-state index is -3.43. The second-order valence-electron chi connectivity index (χ2n) is 6.93. The minimum absolute atomic E-state index is 0. The molecule has 0 saturated carbocycles. The van der Waals surface area contributed by atoms with E-state index in [1.54, 1.807) is 33.1 Å². The Morgan fingerprint density at radius 3 is 2.37 bits per heavy atom. The lowest BCUT2D eigenvalue weighted by Crippen LogP contribution is -2.54. The lowest BCUT2D eigenvalue weighted by Gasteiger charge is -2.34. The number of nitrogens with one attached hydrogen (secondary N) is 3. The molecule has 1 aromatic rings. The van der Waals surface area contributed by atoms with Gasteiger partial charge in [-0.05, 0) is 50.9 Å². The lowest BCUT2D eigenvalue weighted by atomic mass is 9.91. The molecule has 0 bridgehead atoms. The van der Waals surface area contributed by atoms with Crippen LogP contribution in [0.4, 0.5) is 0 Å². The third kappa shape index (κ3) is 6.73. The monoisotopic (exact) mass is 419 g/mol. The molecule has 0 aliphatic carbocycles. The van der Waals surface area contributed by atoms with Crippen molar-refractivity contribution in [3.63, 3.8) is 0 Å². The molecule has 0 atom stereocenters. The molecule has 1 amide bonds. The Balaban J connectivity index is 0.00000364. The number of benzene rings is 1. The summed E-state index contributed by atoms with van der Waals surface area (Å²) in [5.74, 6) is -0.268. The van der Waals surface area contributed by atoms with E-state index in [4.69, 9.17) is 4.74 Å². The second-order valence-corrected chi connectivity index (χ2v) is 8.69. The number of ether oxygens (including phenoxy) is 1. The first-order valence-corrected chi connectivity index (χ1v) is 10.5. The van der Waals surface area contributed by atoms with Crippen LogP contribution in [0.15, 0.2) is 24.3 Å². The van der Waals surface area contributed by atoms with E-state index >= 15 is 0 Å². The van der Waals surface area contributed by atoms with Gasteiger partial charge in [0.25, 0.3) is 5.91 Å². The van der Waals surface area contributed by atoms with Crippen molar-refractivity contribution in [3.8, 4) is 0 Å². The summed E-state index contributed by atoms with van der Waals surface area (Å²) >= 11 is 0. The number of sulfonamides is 1. The maximum Gasteiger partial charge on any atom is 0.252 e. The van der Waals surface area contributed by atoms with Gasteiger partial charge in [0, 0.05) is 19.7 Å². The largest absolute Gasteiger partial charge is 0.368 e. The molecule has 9 heteroatoms. The third-order valence-electron chi connectivity index (χ3n) is 4.53. The van der Waals surface area contributed by atoms with Gasteiger partial charge >= 0.3 is 0 Å². The predicted molar refractivity (Wildman–Crippen MR) is 108 cm³/mol. The Labute approximate surface area is 168 Å². The van der Waals surface area contributed by atoms with Gasteiger partial charge in [0.2, 0.25) is 10.0 Å². The van der Waals surface area contributed by atoms with Gasteiger partial charge in [-0.1, -0.05) is 24.3 Å². The first-order chi connectivity index (χ1) is 12.3. The van der Waals surface area contributed by atoms with Gasteiger partial charge in [0.15, 0.2) is 0 Å². The van der Waals surface area contributed by atoms with Gasteiger partial charge in [-0.15, -0.1) is 12.4 Å². The molecule has 1 aromatic carbocycles. The van der Waals surface area contributed by atoms with Gasteiger partial charge in [0.1, 0.15) is 5.60 Å². The summed E-state index contributed by atoms with van der Waals surface area (Å²) in [6.45, 7) is 5.30. The minimum Gasteiger partial charge on any atom is -0.368 e. The van der Waals surface area contributed by atoms with Crippen molar-refractivity contribution < 1.29 is 17.9 Å². The molecule has 27 heavy (non-hydrogen) atoms. The molecular weight excluding hydrogens is 390 g/mol. The van der Waals surface area contributed by atoms with Gasteiger partial charge in [-0.2, -0.15) is 0 Å². The average molecular weight is 420 g/mol. The number of methoxy groups -OCH3 is 1. The second kappa shape index (κ2) is 10.4. The fourth-order valence-corrected chi connectivity index (χ4v) is 4.66. The fourth-order valence-electron chi connectivity index (χ4n) is 3.17. The van der Waals surface area contributed by atoms with Crippen molar-refractivity contribution in [1.82, 2.24) is 15.4 Å². The highest BCUT2D eigenvalue weighted by molar-refractivity contribution is 7.88. The van der Waals surface area contributed by atoms with E-state index in [-0.39, 0.29) is 36.7 Å². The molecule has 1 heterocycles. The number of carbonyl (C=O) groups is 1. The molecule has 154 valence electrons. The molecular formula is C18H30ClN3O4S. The van der Waals surface area contributed by atoms with Gasteiger partial charge in [-0.25, -0.2) is 13.1 Å². The molecule has 0 spiro atoms. The zero-order chi connectivity index (χ0) is 19.2. The summed E-state index contributed by atoms with van der Waals surface area (Å²) in [4.78, 5) is 12.7. The standard InChI is InChI=1S/C18H29N3O4S.ClH/c1-14(2)21-26(23,24)13-16-7-5-4-6-15(16)12-20-17(22)18(25-3)8-10-19-11-9-18;/h4-7,14,19,21H,8-13H2,1-3H3,(H,20,22);1H. The number of hydrogen-bond acceptors (Lipinski definition) is 5. The number of hydrogen-bond donors (Lipinski definition) is 3. The van der Waals surface area contributed by atoms with Crippen molar-refractivity contribution in [2.75, 3.05) is 20.2 Å². The number of carbonyl (C=O) groups excluding carboxylic acids is 1. The fraction of sp³-hybridized carbons (Fsp3) is 0.611.